The van der Waals surface area contributed by atoms with Crippen molar-refractivity contribution < 1.29 is 23.8 Å². The normalized spacial score (nSPS) is 10.6. The molecule has 0 aliphatic carbocycles. The molecule has 1 amide bonds. The minimum atomic E-state index is -0.900. The number of hydrogen-bond acceptors (Lipinski definition) is 3. The van der Waals surface area contributed by atoms with E-state index in [0.717, 1.165) is 29.2 Å². The quantitative estimate of drug-likeness (QED) is 0.447. The zero-order valence-electron chi connectivity index (χ0n) is 17.5. The topological polar surface area (TPSA) is 75.6 Å². The van der Waals surface area contributed by atoms with Gasteiger partial charge in [0.2, 0.25) is 0 Å². The van der Waals surface area contributed by atoms with Gasteiger partial charge in [-0.25, -0.2) is 4.39 Å². The number of benzene rings is 3. The van der Waals surface area contributed by atoms with Crippen LogP contribution in [0.25, 0.3) is 11.1 Å². The van der Waals surface area contributed by atoms with Crippen molar-refractivity contribution in [2.75, 3.05) is 6.61 Å². The maximum atomic E-state index is 14.1. The number of carbonyl (C=O) groups is 2. The molecule has 2 N–H and O–H groups in total. The van der Waals surface area contributed by atoms with Gasteiger partial charge in [0, 0.05) is 17.1 Å². The number of carbonyl (C=O) groups excluding carboxylic acids is 1. The minimum Gasteiger partial charge on any atom is -0.493 e. The highest BCUT2D eigenvalue weighted by Crippen LogP contribution is 2.28. The molecular weight excluding hydrogens is 433 g/mol. The summed E-state index contributed by atoms with van der Waals surface area (Å²) in [5.41, 5.74) is 3.02. The molecule has 32 heavy (non-hydrogen) atoms. The van der Waals surface area contributed by atoms with Crippen LogP contribution < -0.4 is 10.1 Å². The lowest BCUT2D eigenvalue weighted by Crippen LogP contribution is -2.24. The molecule has 0 radical (unpaired) electrons. The Labute approximate surface area is 190 Å². The smallest absolute Gasteiger partial charge is 0.307 e. The molecule has 0 bridgehead atoms. The van der Waals surface area contributed by atoms with Crippen molar-refractivity contribution in [3.8, 4) is 16.9 Å². The van der Waals surface area contributed by atoms with E-state index in [-0.39, 0.29) is 23.6 Å². The van der Waals surface area contributed by atoms with Gasteiger partial charge in [0.15, 0.2) is 0 Å². The van der Waals surface area contributed by atoms with E-state index in [0.29, 0.717) is 17.9 Å². The number of aliphatic carboxylic acids is 1. The third kappa shape index (κ3) is 6.08. The molecule has 5 nitrogen and oxygen atoms in total. The molecule has 0 unspecified atom stereocenters. The van der Waals surface area contributed by atoms with Crippen LogP contribution in [0.3, 0.4) is 0 Å². The fraction of sp³-hybridized carbons (Fsp3) is 0.200. The van der Waals surface area contributed by atoms with Crippen molar-refractivity contribution >= 4 is 23.5 Å². The third-order valence-corrected chi connectivity index (χ3v) is 4.99. The summed E-state index contributed by atoms with van der Waals surface area (Å²) in [5, 5.41) is 12.0. The summed E-state index contributed by atoms with van der Waals surface area (Å²) in [5.74, 6) is -1.53. The SMILES string of the molecule is CCCOc1ccc(-c2cccc(CC(=O)O)c2)cc1CNC(=O)c1ccc(Cl)cc1F. The Balaban J connectivity index is 1.86. The summed E-state index contributed by atoms with van der Waals surface area (Å²) in [4.78, 5) is 23.5. The first-order valence-corrected chi connectivity index (χ1v) is 10.5. The molecule has 166 valence electrons. The predicted octanol–water partition coefficient (Wildman–Crippen LogP) is 5.49. The Kier molecular flexibility index (Phi) is 7.84. The van der Waals surface area contributed by atoms with Gasteiger partial charge in [0.25, 0.3) is 5.91 Å². The third-order valence-electron chi connectivity index (χ3n) is 4.75. The first-order valence-electron chi connectivity index (χ1n) is 10.2. The molecule has 3 rings (SSSR count). The molecule has 3 aromatic carbocycles. The minimum absolute atomic E-state index is 0.0683. The number of nitrogens with one attached hydrogen (secondary N) is 1. The Hall–Kier alpha value is -3.38. The number of rotatable bonds is 9. The highest BCUT2D eigenvalue weighted by Gasteiger charge is 2.14. The van der Waals surface area contributed by atoms with Crippen LogP contribution in [0.5, 0.6) is 5.75 Å². The van der Waals surface area contributed by atoms with Crippen LogP contribution in [0.1, 0.15) is 34.8 Å². The average molecular weight is 456 g/mol. The van der Waals surface area contributed by atoms with Crippen molar-refractivity contribution in [1.82, 2.24) is 5.32 Å². The first kappa shape index (κ1) is 23.3. The highest BCUT2D eigenvalue weighted by atomic mass is 35.5. The van der Waals surface area contributed by atoms with E-state index in [4.69, 9.17) is 21.4 Å². The molecule has 0 aliphatic heterocycles. The molecule has 0 aliphatic rings. The van der Waals surface area contributed by atoms with E-state index in [9.17, 15) is 14.0 Å². The number of carboxylic acid groups (broad SMARTS) is 1. The standard InChI is InChI=1S/C25H23ClFNO4/c1-2-10-32-23-9-6-18(17-5-3-4-16(11-17)12-24(29)30)13-19(23)15-28-25(31)21-8-7-20(26)14-22(21)27/h3-9,11,13-14H,2,10,12,15H2,1H3,(H,28,31)(H,29,30). The van der Waals surface area contributed by atoms with Crippen LogP contribution in [0.2, 0.25) is 5.02 Å². The van der Waals surface area contributed by atoms with E-state index in [1.807, 2.05) is 37.3 Å². The van der Waals surface area contributed by atoms with E-state index >= 15 is 0 Å². The van der Waals surface area contributed by atoms with Gasteiger partial charge in [-0.15, -0.1) is 0 Å². The largest absolute Gasteiger partial charge is 0.493 e. The van der Waals surface area contributed by atoms with Crippen LogP contribution in [0, 0.1) is 5.82 Å². The number of amides is 1. The maximum Gasteiger partial charge on any atom is 0.307 e. The molecule has 7 heteroatoms. The molecule has 0 spiro atoms. The Bertz CT molecular complexity index is 1130. The zero-order chi connectivity index (χ0) is 23.1. The second-order valence-corrected chi connectivity index (χ2v) is 7.69. The van der Waals surface area contributed by atoms with E-state index < -0.39 is 17.7 Å². The van der Waals surface area contributed by atoms with Gasteiger partial charge in [-0.1, -0.05) is 48.9 Å². The van der Waals surface area contributed by atoms with E-state index in [2.05, 4.69) is 5.32 Å². The Morgan fingerprint density at radius 3 is 2.56 bits per heavy atom. The van der Waals surface area contributed by atoms with Crippen molar-refractivity contribution in [1.29, 1.82) is 0 Å². The fourth-order valence-corrected chi connectivity index (χ4v) is 3.39. The van der Waals surface area contributed by atoms with Crippen LogP contribution in [0.4, 0.5) is 4.39 Å². The van der Waals surface area contributed by atoms with Crippen molar-refractivity contribution in [3.63, 3.8) is 0 Å². The molecule has 0 aromatic heterocycles. The van der Waals surface area contributed by atoms with Gasteiger partial charge in [0.1, 0.15) is 11.6 Å². The zero-order valence-corrected chi connectivity index (χ0v) is 18.3. The van der Waals surface area contributed by atoms with E-state index in [1.54, 1.807) is 12.1 Å². The van der Waals surface area contributed by atoms with Crippen LogP contribution in [-0.4, -0.2) is 23.6 Å². The molecule has 0 heterocycles. The maximum absolute atomic E-state index is 14.1. The predicted molar refractivity (Wildman–Crippen MR) is 122 cm³/mol. The Morgan fingerprint density at radius 2 is 1.84 bits per heavy atom. The highest BCUT2D eigenvalue weighted by molar-refractivity contribution is 6.30. The van der Waals surface area contributed by atoms with Crippen LogP contribution >= 0.6 is 11.6 Å². The van der Waals surface area contributed by atoms with Gasteiger partial charge >= 0.3 is 5.97 Å². The summed E-state index contributed by atoms with van der Waals surface area (Å²) in [6.07, 6.45) is 0.752. The molecular formula is C25H23ClFNO4. The summed E-state index contributed by atoms with van der Waals surface area (Å²) in [7, 11) is 0. The molecule has 3 aromatic rings. The van der Waals surface area contributed by atoms with Gasteiger partial charge < -0.3 is 15.2 Å². The lowest BCUT2D eigenvalue weighted by atomic mass is 9.99. The monoisotopic (exact) mass is 455 g/mol. The second kappa shape index (κ2) is 10.8. The van der Waals surface area contributed by atoms with Gasteiger partial charge in [-0.3, -0.25) is 9.59 Å². The number of ether oxygens (including phenoxy) is 1. The van der Waals surface area contributed by atoms with Crippen LogP contribution in [0.15, 0.2) is 60.7 Å². The average Bonchev–Trinajstić information content (AvgIpc) is 2.76. The number of hydrogen-bond donors (Lipinski definition) is 2. The summed E-state index contributed by atoms with van der Waals surface area (Å²) in [6, 6.07) is 16.7. The summed E-state index contributed by atoms with van der Waals surface area (Å²) in [6.45, 7) is 2.63. The lowest BCUT2D eigenvalue weighted by Gasteiger charge is -2.14. The van der Waals surface area contributed by atoms with E-state index in [1.165, 1.54) is 12.1 Å². The molecule has 0 fully saturated rings. The summed E-state index contributed by atoms with van der Waals surface area (Å²) >= 11 is 5.76. The molecule has 0 saturated carbocycles. The second-order valence-electron chi connectivity index (χ2n) is 7.25. The fourth-order valence-electron chi connectivity index (χ4n) is 3.23. The van der Waals surface area contributed by atoms with Gasteiger partial charge in [-0.05, 0) is 53.4 Å². The first-order chi connectivity index (χ1) is 15.4. The van der Waals surface area contributed by atoms with Gasteiger partial charge in [0.05, 0.1) is 18.6 Å². The molecule has 0 saturated heterocycles. The number of carboxylic acids is 1. The van der Waals surface area contributed by atoms with Gasteiger partial charge in [-0.2, -0.15) is 0 Å². The Morgan fingerprint density at radius 1 is 1.06 bits per heavy atom. The van der Waals surface area contributed by atoms with Crippen molar-refractivity contribution in [2.24, 2.45) is 0 Å². The van der Waals surface area contributed by atoms with Crippen LogP contribution in [-0.2, 0) is 17.8 Å². The molecule has 0 atom stereocenters. The summed E-state index contributed by atoms with van der Waals surface area (Å²) < 4.78 is 19.9. The number of halogens is 2. The van der Waals surface area contributed by atoms with Crippen molar-refractivity contribution in [3.05, 3.63) is 88.2 Å². The van der Waals surface area contributed by atoms with Crippen molar-refractivity contribution in [2.45, 2.75) is 26.3 Å². The lowest BCUT2D eigenvalue weighted by molar-refractivity contribution is -0.136.